The van der Waals surface area contributed by atoms with Crippen LogP contribution >= 0.6 is 0 Å². The quantitative estimate of drug-likeness (QED) is 0.127. The number of benzene rings is 11. The summed E-state index contributed by atoms with van der Waals surface area (Å²) < 4.78 is 9.28. The van der Waals surface area contributed by atoms with Gasteiger partial charge in [0.2, 0.25) is 0 Å². The first-order valence-corrected chi connectivity index (χ1v) is 22.3. The molecule has 0 spiro atoms. The second-order valence-corrected chi connectivity index (χ2v) is 18.1. The summed E-state index contributed by atoms with van der Waals surface area (Å²) in [4.78, 5) is 0. The zero-order valence-electron chi connectivity index (χ0n) is 32.4. The molecule has 0 saturated carbocycles. The molecule has 1 nitrogen and oxygen atoms in total. The van der Waals surface area contributed by atoms with Crippen molar-refractivity contribution in [3.05, 3.63) is 206 Å². The molecule has 13 rings (SSSR count). The van der Waals surface area contributed by atoms with Crippen LogP contribution in [0, 0.1) is 0 Å². The molecule has 0 aliphatic carbocycles. The number of hydrogen-bond acceptors (Lipinski definition) is 1. The average molecular weight is 826 g/mol. The van der Waals surface area contributed by atoms with E-state index in [0.717, 1.165) is 27.5 Å². The summed E-state index contributed by atoms with van der Waals surface area (Å²) in [7, 11) is 0. The minimum absolute atomic E-state index is 0.153. The van der Waals surface area contributed by atoms with Gasteiger partial charge in [-0.15, -0.1) is 0 Å². The first-order chi connectivity index (χ1) is 29.8. The Morgan fingerprint density at radius 1 is 0.267 bits per heavy atom. The molecule has 2 aromatic heterocycles. The Balaban J connectivity index is 1.04. The second kappa shape index (κ2) is 13.1. The number of rotatable bonds is 4. The third-order valence-corrected chi connectivity index (χ3v) is 15.0. The summed E-state index contributed by atoms with van der Waals surface area (Å²) in [5.41, 5.74) is 12.0. The standard InChI is InChI=1S/C58H34OSe/c1-2-15-35(16-3-1)54-44-22-8-10-24-46(44)57(47-25-11-9-23-45(47)54)49-26-14-28-52-58(49)48-32-30-37(34-53(48)60-52)56-42-20-6-4-18-40(42)55(41-19-5-7-21-43(41)56)36-29-31-39-38-17-12-13-27-50(38)59-51(39)33-36/h1-34H. The van der Waals surface area contributed by atoms with Crippen LogP contribution in [0.1, 0.15) is 0 Å². The Labute approximate surface area is 352 Å². The predicted octanol–water partition coefficient (Wildman–Crippen LogP) is 16.2. The Hall–Kier alpha value is -7.22. The first kappa shape index (κ1) is 33.7. The van der Waals surface area contributed by atoms with Crippen LogP contribution < -0.4 is 0 Å². The maximum absolute atomic E-state index is 6.40. The molecule has 0 aliphatic heterocycles. The molecule has 0 amide bonds. The fourth-order valence-electron chi connectivity index (χ4n) is 10.2. The molecule has 60 heavy (non-hydrogen) atoms. The van der Waals surface area contributed by atoms with Crippen molar-refractivity contribution in [2.45, 2.75) is 0 Å². The van der Waals surface area contributed by atoms with Crippen LogP contribution in [0.15, 0.2) is 211 Å². The molecule has 0 radical (unpaired) electrons. The van der Waals surface area contributed by atoms with E-state index in [9.17, 15) is 0 Å². The van der Waals surface area contributed by atoms with Crippen molar-refractivity contribution in [1.29, 1.82) is 0 Å². The molecule has 0 N–H and O–H groups in total. The van der Waals surface area contributed by atoms with E-state index in [1.807, 2.05) is 6.07 Å². The van der Waals surface area contributed by atoms with Crippen LogP contribution in [0.5, 0.6) is 0 Å². The van der Waals surface area contributed by atoms with Gasteiger partial charge in [-0.05, 0) is 6.07 Å². The summed E-state index contributed by atoms with van der Waals surface area (Å²) in [5, 5.41) is 15.2. The SMILES string of the molecule is c1ccc(-c2c3ccccc3c(-c3cccc4[se]c5cc(-c6c7ccccc7c(-c7ccc8c(c7)oc7ccccc78)c7ccccc67)ccc5c34)c3ccccc23)cc1. The summed E-state index contributed by atoms with van der Waals surface area (Å²) >= 11 is 0.153. The molecule has 0 atom stereocenters. The molecule has 13 aromatic rings. The second-order valence-electron chi connectivity index (χ2n) is 15.8. The van der Waals surface area contributed by atoms with Crippen LogP contribution in [0.4, 0.5) is 0 Å². The Morgan fingerprint density at radius 3 is 1.30 bits per heavy atom. The zero-order chi connectivity index (χ0) is 39.3. The van der Waals surface area contributed by atoms with Crippen LogP contribution in [0.25, 0.3) is 129 Å². The topological polar surface area (TPSA) is 13.1 Å². The van der Waals surface area contributed by atoms with Crippen molar-refractivity contribution in [2.24, 2.45) is 0 Å². The third-order valence-electron chi connectivity index (χ3n) is 12.6. The van der Waals surface area contributed by atoms with Gasteiger partial charge in [0.1, 0.15) is 0 Å². The summed E-state index contributed by atoms with van der Waals surface area (Å²) in [6.45, 7) is 0. The Bertz CT molecular complexity index is 3770. The minimum atomic E-state index is 0.153. The molecule has 2 heterocycles. The number of fused-ring (bicyclic) bond motifs is 10. The van der Waals surface area contributed by atoms with Crippen molar-refractivity contribution >= 4 is 98.8 Å². The Kier molecular flexibility index (Phi) is 7.39. The molecule has 0 aliphatic rings. The zero-order valence-corrected chi connectivity index (χ0v) is 34.2. The van der Waals surface area contributed by atoms with E-state index < -0.39 is 0 Å². The van der Waals surface area contributed by atoms with Crippen LogP contribution in [0.2, 0.25) is 0 Å². The normalized spacial score (nSPS) is 12.0. The molecule has 278 valence electrons. The van der Waals surface area contributed by atoms with Crippen molar-refractivity contribution in [2.75, 3.05) is 0 Å². The van der Waals surface area contributed by atoms with E-state index in [2.05, 4.69) is 200 Å². The van der Waals surface area contributed by atoms with E-state index in [1.165, 1.54) is 101 Å². The van der Waals surface area contributed by atoms with Gasteiger partial charge in [-0.2, -0.15) is 0 Å². The van der Waals surface area contributed by atoms with E-state index in [-0.39, 0.29) is 14.5 Å². The van der Waals surface area contributed by atoms with Crippen molar-refractivity contribution in [3.8, 4) is 44.5 Å². The van der Waals surface area contributed by atoms with E-state index in [0.29, 0.717) is 0 Å². The van der Waals surface area contributed by atoms with E-state index in [4.69, 9.17) is 4.42 Å². The van der Waals surface area contributed by atoms with E-state index >= 15 is 0 Å². The van der Waals surface area contributed by atoms with Gasteiger partial charge in [-0.25, -0.2) is 0 Å². The van der Waals surface area contributed by atoms with Gasteiger partial charge in [0, 0.05) is 0 Å². The molecular formula is C58H34OSe. The summed E-state index contributed by atoms with van der Waals surface area (Å²) in [5.74, 6) is 0. The molecule has 11 aromatic carbocycles. The first-order valence-electron chi connectivity index (χ1n) is 20.6. The molecule has 2 heteroatoms. The third kappa shape index (κ3) is 4.93. The summed E-state index contributed by atoms with van der Waals surface area (Å²) in [6, 6.07) is 76.1. The number of hydrogen-bond donors (Lipinski definition) is 0. The van der Waals surface area contributed by atoms with Gasteiger partial charge in [0.25, 0.3) is 0 Å². The molecule has 0 unspecified atom stereocenters. The molecule has 0 saturated heterocycles. The average Bonchev–Trinajstić information content (AvgIpc) is 3.88. The fourth-order valence-corrected chi connectivity index (χ4v) is 12.6. The fraction of sp³-hybridized carbons (Fsp3) is 0. The predicted molar refractivity (Wildman–Crippen MR) is 257 cm³/mol. The molecular weight excluding hydrogens is 792 g/mol. The van der Waals surface area contributed by atoms with Crippen LogP contribution in [0.3, 0.4) is 0 Å². The van der Waals surface area contributed by atoms with Gasteiger partial charge in [-0.1, -0.05) is 18.2 Å². The van der Waals surface area contributed by atoms with Gasteiger partial charge in [0.15, 0.2) is 0 Å². The van der Waals surface area contributed by atoms with E-state index in [1.54, 1.807) is 0 Å². The van der Waals surface area contributed by atoms with Gasteiger partial charge in [0.05, 0.1) is 0 Å². The van der Waals surface area contributed by atoms with Crippen LogP contribution in [-0.2, 0) is 0 Å². The van der Waals surface area contributed by atoms with Crippen molar-refractivity contribution in [1.82, 2.24) is 0 Å². The Morgan fingerprint density at radius 2 is 0.717 bits per heavy atom. The van der Waals surface area contributed by atoms with Gasteiger partial charge in [-0.3, -0.25) is 0 Å². The number of furan rings is 1. The van der Waals surface area contributed by atoms with Crippen LogP contribution in [-0.4, -0.2) is 14.5 Å². The van der Waals surface area contributed by atoms with Crippen molar-refractivity contribution in [3.63, 3.8) is 0 Å². The molecule has 0 bridgehead atoms. The van der Waals surface area contributed by atoms with Gasteiger partial charge < -0.3 is 0 Å². The number of para-hydroxylation sites is 1. The molecule has 0 fully saturated rings. The monoisotopic (exact) mass is 826 g/mol. The summed E-state index contributed by atoms with van der Waals surface area (Å²) in [6.07, 6.45) is 0. The van der Waals surface area contributed by atoms with Gasteiger partial charge >= 0.3 is 330 Å². The maximum atomic E-state index is 6.40. The van der Waals surface area contributed by atoms with Crippen molar-refractivity contribution < 1.29 is 4.42 Å².